The highest BCUT2D eigenvalue weighted by Crippen LogP contribution is 2.37. The predicted octanol–water partition coefficient (Wildman–Crippen LogP) is 2.27. The number of amides is 1. The molecule has 25 heavy (non-hydrogen) atoms. The Morgan fingerprint density at radius 3 is 2.64 bits per heavy atom. The van der Waals surface area contributed by atoms with E-state index in [2.05, 4.69) is 10.3 Å². The van der Waals surface area contributed by atoms with E-state index in [1.54, 1.807) is 0 Å². The van der Waals surface area contributed by atoms with Gasteiger partial charge in [-0.3, -0.25) is 20.2 Å². The average molecular weight is 363 g/mol. The van der Waals surface area contributed by atoms with Crippen molar-refractivity contribution < 1.29 is 14.1 Å². The van der Waals surface area contributed by atoms with E-state index in [1.165, 1.54) is 42.5 Å². The molecule has 1 aliphatic rings. The molecule has 1 atom stereocenters. The standard InChI is InChI=1S/C16H12ClFN4O3/c17-12-5-2-6-13(18)11(12)8-16(14(23)20-15(19)21-16)9-3-1-4-10(7-9)22(24)25/h1-7H,8H2,(H3,19,20,21,23)/t16-/m0/s1. The summed E-state index contributed by atoms with van der Waals surface area (Å²) >= 11 is 6.06. The number of halogens is 2. The highest BCUT2D eigenvalue weighted by molar-refractivity contribution is 6.31. The van der Waals surface area contributed by atoms with Crippen molar-refractivity contribution in [2.24, 2.45) is 10.7 Å². The molecule has 0 fully saturated rings. The Bertz CT molecular complexity index is 898. The minimum Gasteiger partial charge on any atom is -0.370 e. The summed E-state index contributed by atoms with van der Waals surface area (Å²) in [6.45, 7) is 0. The van der Waals surface area contributed by atoms with Gasteiger partial charge < -0.3 is 5.73 Å². The number of carbonyl (C=O) groups is 1. The number of hydrogen-bond donors (Lipinski definition) is 2. The Morgan fingerprint density at radius 1 is 1.32 bits per heavy atom. The molecule has 1 aliphatic heterocycles. The van der Waals surface area contributed by atoms with Crippen LogP contribution in [0.1, 0.15) is 11.1 Å². The summed E-state index contributed by atoms with van der Waals surface area (Å²) in [5.41, 5.74) is 4.06. The number of benzene rings is 2. The highest BCUT2D eigenvalue weighted by Gasteiger charge is 2.46. The number of nitrogens with two attached hydrogens (primary N) is 1. The van der Waals surface area contributed by atoms with Gasteiger partial charge in [-0.2, -0.15) is 0 Å². The van der Waals surface area contributed by atoms with Crippen molar-refractivity contribution in [3.8, 4) is 0 Å². The lowest BCUT2D eigenvalue weighted by atomic mass is 9.83. The first-order chi connectivity index (χ1) is 11.8. The van der Waals surface area contributed by atoms with E-state index in [9.17, 15) is 19.3 Å². The van der Waals surface area contributed by atoms with Gasteiger partial charge >= 0.3 is 0 Å². The first kappa shape index (κ1) is 16.8. The SMILES string of the molecule is NC1=N[C@@](Cc2c(F)cccc2Cl)(c2cccc([N+](=O)[O-])c2)C(=O)N1. The van der Waals surface area contributed by atoms with Gasteiger partial charge in [0.15, 0.2) is 11.5 Å². The second-order valence-corrected chi connectivity index (χ2v) is 5.90. The van der Waals surface area contributed by atoms with Gasteiger partial charge in [0, 0.05) is 29.1 Å². The molecule has 0 bridgehead atoms. The Morgan fingerprint density at radius 2 is 2.04 bits per heavy atom. The first-order valence-corrected chi connectivity index (χ1v) is 7.56. The minimum atomic E-state index is -1.64. The van der Waals surface area contributed by atoms with Crippen molar-refractivity contribution in [1.82, 2.24) is 5.32 Å². The van der Waals surface area contributed by atoms with Crippen molar-refractivity contribution in [3.05, 3.63) is 74.5 Å². The highest BCUT2D eigenvalue weighted by atomic mass is 35.5. The van der Waals surface area contributed by atoms with Crippen molar-refractivity contribution in [3.63, 3.8) is 0 Å². The number of guanidine groups is 1. The van der Waals surface area contributed by atoms with Gasteiger partial charge in [0.25, 0.3) is 11.6 Å². The zero-order chi connectivity index (χ0) is 18.2. The number of rotatable bonds is 4. The largest absolute Gasteiger partial charge is 0.370 e. The van der Waals surface area contributed by atoms with Crippen LogP contribution in [0, 0.1) is 15.9 Å². The maximum atomic E-state index is 14.2. The third-order valence-electron chi connectivity index (χ3n) is 3.96. The smallest absolute Gasteiger partial charge is 0.269 e. The van der Waals surface area contributed by atoms with Crippen molar-refractivity contribution in [2.75, 3.05) is 0 Å². The Kier molecular flexibility index (Phi) is 4.13. The van der Waals surface area contributed by atoms with Gasteiger partial charge in [-0.1, -0.05) is 29.8 Å². The molecule has 9 heteroatoms. The fraction of sp³-hybridized carbons (Fsp3) is 0.125. The molecular formula is C16H12ClFN4O3. The summed E-state index contributed by atoms with van der Waals surface area (Å²) in [7, 11) is 0. The van der Waals surface area contributed by atoms with Gasteiger partial charge in [-0.05, 0) is 17.7 Å². The Labute approximate surface area is 146 Å². The topological polar surface area (TPSA) is 111 Å². The lowest BCUT2D eigenvalue weighted by Gasteiger charge is -2.24. The number of non-ortho nitro benzene ring substituents is 1. The number of hydrogen-bond acceptors (Lipinski definition) is 5. The first-order valence-electron chi connectivity index (χ1n) is 7.18. The van der Waals surface area contributed by atoms with Crippen LogP contribution in [0.25, 0.3) is 0 Å². The molecule has 1 heterocycles. The van der Waals surface area contributed by atoms with E-state index < -0.39 is 22.2 Å². The second-order valence-electron chi connectivity index (χ2n) is 5.50. The fourth-order valence-electron chi connectivity index (χ4n) is 2.76. The normalized spacial score (nSPS) is 19.4. The maximum absolute atomic E-state index is 14.2. The lowest BCUT2D eigenvalue weighted by Crippen LogP contribution is -2.40. The van der Waals surface area contributed by atoms with Gasteiger partial charge in [0.05, 0.1) is 4.92 Å². The van der Waals surface area contributed by atoms with E-state index >= 15 is 0 Å². The van der Waals surface area contributed by atoms with Crippen molar-refractivity contribution >= 4 is 29.2 Å². The molecule has 3 N–H and O–H groups in total. The lowest BCUT2D eigenvalue weighted by molar-refractivity contribution is -0.384. The van der Waals surface area contributed by atoms with E-state index in [4.69, 9.17) is 17.3 Å². The average Bonchev–Trinajstić information content (AvgIpc) is 2.86. The third-order valence-corrected chi connectivity index (χ3v) is 4.31. The molecule has 0 unspecified atom stereocenters. The maximum Gasteiger partial charge on any atom is 0.269 e. The molecule has 0 aromatic heterocycles. The summed E-state index contributed by atoms with van der Waals surface area (Å²) in [5, 5.41) is 13.5. The molecule has 2 aromatic rings. The van der Waals surface area contributed by atoms with Crippen LogP contribution in [0.2, 0.25) is 5.02 Å². The quantitative estimate of drug-likeness (QED) is 0.642. The Hall–Kier alpha value is -3.00. The molecular weight excluding hydrogens is 351 g/mol. The van der Waals surface area contributed by atoms with Crippen LogP contribution in [-0.2, 0) is 16.8 Å². The molecule has 0 saturated heterocycles. The molecule has 2 aromatic carbocycles. The number of nitrogens with zero attached hydrogens (tertiary/aromatic N) is 2. The van der Waals surface area contributed by atoms with E-state index in [1.807, 2.05) is 0 Å². The second kappa shape index (κ2) is 6.14. The molecule has 1 amide bonds. The molecule has 3 rings (SSSR count). The van der Waals surface area contributed by atoms with Crippen LogP contribution >= 0.6 is 11.6 Å². The summed E-state index contributed by atoms with van der Waals surface area (Å²) in [5.74, 6) is -1.36. The summed E-state index contributed by atoms with van der Waals surface area (Å²) in [6.07, 6.45) is -0.230. The third kappa shape index (κ3) is 2.91. The van der Waals surface area contributed by atoms with Gasteiger partial charge in [0.1, 0.15) is 5.82 Å². The monoisotopic (exact) mass is 362 g/mol. The zero-order valence-electron chi connectivity index (χ0n) is 12.7. The van der Waals surface area contributed by atoms with Crippen LogP contribution in [-0.4, -0.2) is 16.8 Å². The number of nitro benzene ring substituents is 1. The van der Waals surface area contributed by atoms with Crippen molar-refractivity contribution in [2.45, 2.75) is 12.0 Å². The molecule has 0 aliphatic carbocycles. The van der Waals surface area contributed by atoms with Gasteiger partial charge in [-0.25, -0.2) is 9.38 Å². The summed E-state index contributed by atoms with van der Waals surface area (Å²) < 4.78 is 14.2. The van der Waals surface area contributed by atoms with E-state index in [-0.39, 0.29) is 34.2 Å². The summed E-state index contributed by atoms with van der Waals surface area (Å²) in [6, 6.07) is 9.57. The van der Waals surface area contributed by atoms with E-state index in [0.29, 0.717) is 0 Å². The number of carbonyl (C=O) groups excluding carboxylic acids is 1. The molecule has 0 radical (unpaired) electrons. The van der Waals surface area contributed by atoms with Crippen molar-refractivity contribution in [1.29, 1.82) is 0 Å². The minimum absolute atomic E-state index is 0.0734. The molecule has 128 valence electrons. The number of aliphatic imine (C=N–C) groups is 1. The van der Waals surface area contributed by atoms with Crippen LogP contribution in [0.15, 0.2) is 47.5 Å². The summed E-state index contributed by atoms with van der Waals surface area (Å²) in [4.78, 5) is 27.2. The van der Waals surface area contributed by atoms with Crippen LogP contribution in [0.5, 0.6) is 0 Å². The van der Waals surface area contributed by atoms with Crippen LogP contribution in [0.4, 0.5) is 10.1 Å². The van der Waals surface area contributed by atoms with Crippen LogP contribution < -0.4 is 11.1 Å². The molecule has 0 spiro atoms. The molecule has 0 saturated carbocycles. The number of nitrogens with one attached hydrogen (secondary N) is 1. The number of nitro groups is 1. The fourth-order valence-corrected chi connectivity index (χ4v) is 2.99. The van der Waals surface area contributed by atoms with E-state index in [0.717, 1.165) is 0 Å². The van der Waals surface area contributed by atoms with Crippen LogP contribution in [0.3, 0.4) is 0 Å². The van der Waals surface area contributed by atoms with Gasteiger partial charge in [0.2, 0.25) is 0 Å². The molecule has 7 nitrogen and oxygen atoms in total. The predicted molar refractivity (Wildman–Crippen MR) is 89.7 cm³/mol. The zero-order valence-corrected chi connectivity index (χ0v) is 13.5. The van der Waals surface area contributed by atoms with Gasteiger partial charge in [-0.15, -0.1) is 0 Å². The Balaban J connectivity index is 2.18.